The van der Waals surface area contributed by atoms with Crippen LogP contribution < -0.4 is 5.32 Å². The van der Waals surface area contributed by atoms with Crippen LogP contribution in [0.15, 0.2) is 43.0 Å². The molecule has 0 spiro atoms. The zero-order valence-corrected chi connectivity index (χ0v) is 11.5. The molecule has 5 heteroatoms. The molecule has 1 amide bonds. The maximum Gasteiger partial charge on any atom is 0.273 e. The van der Waals surface area contributed by atoms with Crippen molar-refractivity contribution in [1.82, 2.24) is 5.32 Å². The third-order valence-electron chi connectivity index (χ3n) is 2.41. The van der Waals surface area contributed by atoms with Crippen LogP contribution in [-0.2, 0) is 10.3 Å². The van der Waals surface area contributed by atoms with Crippen LogP contribution in [0.1, 0.15) is 12.5 Å². The van der Waals surface area contributed by atoms with E-state index in [2.05, 4.69) is 11.9 Å². The van der Waals surface area contributed by atoms with Gasteiger partial charge in [0.1, 0.15) is 0 Å². The van der Waals surface area contributed by atoms with Gasteiger partial charge in [-0.2, -0.15) is 0 Å². The maximum absolute atomic E-state index is 11.7. The topological polar surface area (TPSA) is 29.1 Å². The van der Waals surface area contributed by atoms with E-state index in [1.54, 1.807) is 13.0 Å². The first kappa shape index (κ1) is 14.4. The van der Waals surface area contributed by atoms with Crippen LogP contribution in [0.4, 0.5) is 0 Å². The summed E-state index contributed by atoms with van der Waals surface area (Å²) in [4.78, 5) is 11.7. The molecular weight excluding hydrogens is 280 g/mol. The molecule has 0 bridgehead atoms. The molecule has 2 nitrogen and oxygen atoms in total. The highest BCUT2D eigenvalue weighted by molar-refractivity contribution is 6.76. The average molecular weight is 293 g/mol. The normalized spacial score (nSPS) is 14.8. The lowest BCUT2D eigenvalue weighted by Crippen LogP contribution is -2.46. The van der Waals surface area contributed by atoms with Crippen molar-refractivity contribution in [3.8, 4) is 0 Å². The van der Waals surface area contributed by atoms with Crippen molar-refractivity contribution in [2.45, 2.75) is 16.3 Å². The van der Waals surface area contributed by atoms with Crippen molar-refractivity contribution in [1.29, 1.82) is 0 Å². The number of amides is 1. The minimum Gasteiger partial charge on any atom is -0.340 e. The molecule has 0 aliphatic rings. The zero-order valence-electron chi connectivity index (χ0n) is 9.21. The Morgan fingerprint density at radius 2 is 1.82 bits per heavy atom. The van der Waals surface area contributed by atoms with Crippen LogP contribution in [0.3, 0.4) is 0 Å². The summed E-state index contributed by atoms with van der Waals surface area (Å²) in [5.41, 5.74) is 0.0834. The highest BCUT2D eigenvalue weighted by atomic mass is 35.6. The molecule has 1 aromatic carbocycles. The highest BCUT2D eigenvalue weighted by Gasteiger charge is 2.35. The fourth-order valence-corrected chi connectivity index (χ4v) is 1.47. The summed E-state index contributed by atoms with van der Waals surface area (Å²) in [6.45, 7) is 5.48. The molecule has 0 fully saturated rings. The number of hydrogen-bond donors (Lipinski definition) is 1. The van der Waals surface area contributed by atoms with Crippen LogP contribution in [0, 0.1) is 0 Å². The van der Waals surface area contributed by atoms with Crippen molar-refractivity contribution in [3.05, 3.63) is 48.6 Å². The predicted molar refractivity (Wildman–Crippen MR) is 72.4 cm³/mol. The van der Waals surface area contributed by atoms with E-state index >= 15 is 0 Å². The van der Waals surface area contributed by atoms with Gasteiger partial charge in [-0.05, 0) is 12.5 Å². The number of rotatable bonds is 3. The third-order valence-corrected chi connectivity index (χ3v) is 2.93. The Morgan fingerprint density at radius 3 is 2.24 bits per heavy atom. The van der Waals surface area contributed by atoms with E-state index in [4.69, 9.17) is 34.8 Å². The first-order valence-corrected chi connectivity index (χ1v) is 6.01. The van der Waals surface area contributed by atoms with Crippen molar-refractivity contribution < 1.29 is 4.79 Å². The summed E-state index contributed by atoms with van der Waals surface area (Å²) < 4.78 is -1.99. The SMILES string of the molecule is C=CC(C)(NC(=O)C(Cl)(Cl)Cl)c1ccccc1. The summed E-state index contributed by atoms with van der Waals surface area (Å²) in [7, 11) is 0. The molecule has 0 aliphatic heterocycles. The summed E-state index contributed by atoms with van der Waals surface area (Å²) in [6, 6.07) is 9.32. The molecule has 92 valence electrons. The van der Waals surface area contributed by atoms with Gasteiger partial charge in [0.05, 0.1) is 5.54 Å². The van der Waals surface area contributed by atoms with Crippen LogP contribution in [0.5, 0.6) is 0 Å². The molecule has 1 N–H and O–H groups in total. The molecule has 17 heavy (non-hydrogen) atoms. The average Bonchev–Trinajstić information content (AvgIpc) is 2.28. The van der Waals surface area contributed by atoms with Crippen molar-refractivity contribution in [3.63, 3.8) is 0 Å². The second kappa shape index (κ2) is 5.30. The number of halogens is 3. The highest BCUT2D eigenvalue weighted by Crippen LogP contribution is 2.29. The van der Waals surface area contributed by atoms with Crippen LogP contribution >= 0.6 is 34.8 Å². The van der Waals surface area contributed by atoms with E-state index in [1.165, 1.54) is 0 Å². The van der Waals surface area contributed by atoms with Gasteiger partial charge in [-0.25, -0.2) is 0 Å². The first-order valence-electron chi connectivity index (χ1n) is 4.88. The van der Waals surface area contributed by atoms with Crippen LogP contribution in [-0.4, -0.2) is 9.70 Å². The Labute approximate surface area is 116 Å². The number of carbonyl (C=O) groups excluding carboxylic acids is 1. The Bertz CT molecular complexity index is 414. The van der Waals surface area contributed by atoms with Gasteiger partial charge in [-0.15, -0.1) is 6.58 Å². The van der Waals surface area contributed by atoms with E-state index in [0.717, 1.165) is 5.56 Å². The lowest BCUT2D eigenvalue weighted by molar-refractivity contribution is -0.121. The number of nitrogens with one attached hydrogen (secondary N) is 1. The lowest BCUT2D eigenvalue weighted by Gasteiger charge is -2.29. The Kier molecular flexibility index (Phi) is 4.48. The molecule has 0 heterocycles. The minimum absolute atomic E-state index is 0.686. The van der Waals surface area contributed by atoms with Gasteiger partial charge in [0.25, 0.3) is 9.70 Å². The molecule has 0 aromatic heterocycles. The van der Waals surface area contributed by atoms with Crippen molar-refractivity contribution in [2.24, 2.45) is 0 Å². The van der Waals surface area contributed by atoms with Crippen molar-refractivity contribution >= 4 is 40.7 Å². The molecule has 0 saturated carbocycles. The van der Waals surface area contributed by atoms with Gasteiger partial charge in [0.2, 0.25) is 0 Å². The van der Waals surface area contributed by atoms with E-state index < -0.39 is 15.2 Å². The molecule has 1 unspecified atom stereocenters. The van der Waals surface area contributed by atoms with E-state index in [9.17, 15) is 4.79 Å². The number of hydrogen-bond acceptors (Lipinski definition) is 1. The monoisotopic (exact) mass is 291 g/mol. The summed E-state index contributed by atoms with van der Waals surface area (Å²) in [6.07, 6.45) is 1.59. The van der Waals surface area contributed by atoms with Gasteiger partial charge in [0.15, 0.2) is 0 Å². The summed E-state index contributed by atoms with van der Waals surface area (Å²) in [5, 5.41) is 2.65. The standard InChI is InChI=1S/C12H12Cl3NO/c1-3-11(2,9-7-5-4-6-8-9)16-10(17)12(13,14)15/h3-8H,1H2,2H3,(H,16,17). The van der Waals surface area contributed by atoms with Crippen molar-refractivity contribution in [2.75, 3.05) is 0 Å². The molecule has 1 rings (SSSR count). The third kappa shape index (κ3) is 3.63. The first-order chi connectivity index (χ1) is 7.79. The van der Waals surface area contributed by atoms with Crippen LogP contribution in [0.25, 0.3) is 0 Å². The summed E-state index contributed by atoms with van der Waals surface area (Å²) in [5.74, 6) is -0.686. The fraction of sp³-hybridized carbons (Fsp3) is 0.250. The van der Waals surface area contributed by atoms with Gasteiger partial charge < -0.3 is 5.32 Å². The fourth-order valence-electron chi connectivity index (χ4n) is 1.33. The second-order valence-electron chi connectivity index (χ2n) is 3.72. The number of carbonyl (C=O) groups is 1. The van der Waals surface area contributed by atoms with E-state index in [1.807, 2.05) is 30.3 Å². The van der Waals surface area contributed by atoms with Gasteiger partial charge in [-0.3, -0.25) is 4.79 Å². The molecular formula is C12H12Cl3NO. The molecule has 0 saturated heterocycles. The number of alkyl halides is 3. The molecule has 0 aliphatic carbocycles. The smallest absolute Gasteiger partial charge is 0.273 e. The minimum atomic E-state index is -1.99. The molecule has 0 radical (unpaired) electrons. The van der Waals surface area contributed by atoms with Gasteiger partial charge in [0, 0.05) is 0 Å². The number of benzene rings is 1. The van der Waals surface area contributed by atoms with E-state index in [0.29, 0.717) is 0 Å². The second-order valence-corrected chi connectivity index (χ2v) is 6.01. The quantitative estimate of drug-likeness (QED) is 0.669. The largest absolute Gasteiger partial charge is 0.340 e. The Balaban J connectivity index is 2.99. The lowest BCUT2D eigenvalue weighted by atomic mass is 9.92. The maximum atomic E-state index is 11.7. The van der Waals surface area contributed by atoms with E-state index in [-0.39, 0.29) is 0 Å². The Morgan fingerprint density at radius 1 is 1.29 bits per heavy atom. The summed E-state index contributed by atoms with van der Waals surface area (Å²) >= 11 is 16.6. The van der Waals surface area contributed by atoms with Gasteiger partial charge in [-0.1, -0.05) is 71.2 Å². The zero-order chi connectivity index (χ0) is 13.1. The van der Waals surface area contributed by atoms with Crippen LogP contribution in [0.2, 0.25) is 0 Å². The Hall–Kier alpha value is -0.700. The van der Waals surface area contributed by atoms with Gasteiger partial charge >= 0.3 is 0 Å². The molecule has 1 aromatic rings. The predicted octanol–water partition coefficient (Wildman–Crippen LogP) is 3.57. The molecule has 1 atom stereocenters.